The number of carbonyl (C=O) groups is 1. The van der Waals surface area contributed by atoms with Gasteiger partial charge in [-0.3, -0.25) is 4.79 Å². The lowest BCUT2D eigenvalue weighted by atomic mass is 9.94. The van der Waals surface area contributed by atoms with Crippen LogP contribution in [0.1, 0.15) is 51.2 Å². The van der Waals surface area contributed by atoms with Crippen LogP contribution in [0.3, 0.4) is 0 Å². The molecule has 1 aromatic rings. The molecule has 0 bridgehead atoms. The monoisotopic (exact) mass is 281 g/mol. The Bertz CT molecular complexity index is 476. The fourth-order valence-electron chi connectivity index (χ4n) is 2.41. The molecule has 2 rings (SSSR count). The molecule has 1 amide bonds. The molecule has 1 aromatic heterocycles. The summed E-state index contributed by atoms with van der Waals surface area (Å²) in [4.78, 5) is 23.1. The van der Waals surface area contributed by atoms with E-state index in [0.717, 1.165) is 25.1 Å². The normalized spacial score (nSPS) is 19.8. The summed E-state index contributed by atoms with van der Waals surface area (Å²) in [5.41, 5.74) is 0.459. The van der Waals surface area contributed by atoms with Crippen LogP contribution >= 0.6 is 11.6 Å². The van der Waals surface area contributed by atoms with Crippen LogP contribution in [0.2, 0.25) is 5.15 Å². The second-order valence-electron chi connectivity index (χ2n) is 6.10. The molecule has 0 radical (unpaired) electrons. The highest BCUT2D eigenvalue weighted by molar-refractivity contribution is 6.29. The van der Waals surface area contributed by atoms with Gasteiger partial charge in [0.2, 0.25) is 5.91 Å². The average molecular weight is 282 g/mol. The molecule has 19 heavy (non-hydrogen) atoms. The molecule has 1 fully saturated rings. The second kappa shape index (κ2) is 5.08. The molecule has 1 aliphatic heterocycles. The number of rotatable bonds is 1. The first-order valence-corrected chi connectivity index (χ1v) is 6.99. The van der Waals surface area contributed by atoms with E-state index in [2.05, 4.69) is 9.97 Å². The van der Waals surface area contributed by atoms with E-state index in [4.69, 9.17) is 11.6 Å². The maximum atomic E-state index is 12.5. The number of aryl methyl sites for hydroxylation is 1. The first kappa shape index (κ1) is 14.3. The lowest BCUT2D eigenvalue weighted by Crippen LogP contribution is -2.39. The molecule has 0 aliphatic carbocycles. The number of likely N-dealkylation sites (tertiary alicyclic amines) is 1. The molecule has 4 nitrogen and oxygen atoms in total. The van der Waals surface area contributed by atoms with E-state index in [1.54, 1.807) is 6.07 Å². The van der Waals surface area contributed by atoms with Gasteiger partial charge >= 0.3 is 0 Å². The van der Waals surface area contributed by atoms with E-state index in [0.29, 0.717) is 11.0 Å². The minimum Gasteiger partial charge on any atom is -0.332 e. The van der Waals surface area contributed by atoms with Crippen molar-refractivity contribution in [2.24, 2.45) is 5.41 Å². The van der Waals surface area contributed by atoms with Gasteiger partial charge in [-0.2, -0.15) is 0 Å². The van der Waals surface area contributed by atoms with Crippen LogP contribution in [0, 0.1) is 12.3 Å². The van der Waals surface area contributed by atoms with Crippen LogP contribution in [0.4, 0.5) is 0 Å². The highest BCUT2D eigenvalue weighted by Crippen LogP contribution is 2.34. The fraction of sp³-hybridized carbons (Fsp3) is 0.643. The van der Waals surface area contributed by atoms with E-state index < -0.39 is 0 Å². The Hall–Kier alpha value is -1.16. The van der Waals surface area contributed by atoms with E-state index in [1.807, 2.05) is 32.6 Å². The van der Waals surface area contributed by atoms with Gasteiger partial charge in [0, 0.05) is 17.7 Å². The number of hydrogen-bond donors (Lipinski definition) is 0. The number of hydrogen-bond acceptors (Lipinski definition) is 3. The third-order valence-corrected chi connectivity index (χ3v) is 3.49. The van der Waals surface area contributed by atoms with Crippen molar-refractivity contribution in [2.75, 3.05) is 6.54 Å². The Morgan fingerprint density at radius 1 is 1.42 bits per heavy atom. The molecule has 5 heteroatoms. The Balaban J connectivity index is 2.31. The molecular formula is C14H20ClN3O. The lowest BCUT2D eigenvalue weighted by molar-refractivity contribution is -0.140. The van der Waals surface area contributed by atoms with Crippen molar-refractivity contribution in [1.82, 2.24) is 14.9 Å². The lowest BCUT2D eigenvalue weighted by Gasteiger charge is -2.30. The topological polar surface area (TPSA) is 46.1 Å². The van der Waals surface area contributed by atoms with Crippen molar-refractivity contribution in [2.45, 2.75) is 46.6 Å². The van der Waals surface area contributed by atoms with Crippen LogP contribution in [0.15, 0.2) is 6.07 Å². The minimum atomic E-state index is -0.379. The fourth-order valence-corrected chi connectivity index (χ4v) is 2.65. The largest absolute Gasteiger partial charge is 0.332 e. The summed E-state index contributed by atoms with van der Waals surface area (Å²) in [6.45, 7) is 8.48. The summed E-state index contributed by atoms with van der Waals surface area (Å²) in [5, 5.41) is 0.442. The predicted molar refractivity (Wildman–Crippen MR) is 74.9 cm³/mol. The average Bonchev–Trinajstić information content (AvgIpc) is 2.73. The van der Waals surface area contributed by atoms with Crippen LogP contribution in [-0.2, 0) is 4.79 Å². The standard InChI is InChI=1S/C14H20ClN3O/c1-9-8-11(15)17-12(16-9)10-6-5-7-18(10)13(19)14(2,3)4/h8,10H,5-7H2,1-4H3. The van der Waals surface area contributed by atoms with Crippen molar-refractivity contribution in [3.05, 3.63) is 22.7 Å². The zero-order chi connectivity index (χ0) is 14.2. The van der Waals surface area contributed by atoms with Crippen LogP contribution < -0.4 is 0 Å². The van der Waals surface area contributed by atoms with Crippen LogP contribution in [-0.4, -0.2) is 27.3 Å². The maximum absolute atomic E-state index is 12.5. The predicted octanol–water partition coefficient (Wildman–Crippen LogP) is 3.15. The van der Waals surface area contributed by atoms with Crippen molar-refractivity contribution in [3.8, 4) is 0 Å². The van der Waals surface area contributed by atoms with Crippen LogP contribution in [0.25, 0.3) is 0 Å². The SMILES string of the molecule is Cc1cc(Cl)nc(C2CCCN2C(=O)C(C)(C)C)n1. The highest BCUT2D eigenvalue weighted by atomic mass is 35.5. The van der Waals surface area contributed by atoms with Crippen molar-refractivity contribution in [3.63, 3.8) is 0 Å². The van der Waals surface area contributed by atoms with Crippen molar-refractivity contribution < 1.29 is 4.79 Å². The number of nitrogens with zero attached hydrogens (tertiary/aromatic N) is 3. The minimum absolute atomic E-state index is 0.0378. The Kier molecular flexibility index (Phi) is 3.81. The first-order valence-electron chi connectivity index (χ1n) is 6.61. The molecule has 1 saturated heterocycles. The van der Waals surface area contributed by atoms with E-state index in [-0.39, 0.29) is 17.4 Å². The number of amides is 1. The molecule has 0 saturated carbocycles. The van der Waals surface area contributed by atoms with Gasteiger partial charge in [-0.05, 0) is 25.8 Å². The van der Waals surface area contributed by atoms with E-state index in [9.17, 15) is 4.79 Å². The van der Waals surface area contributed by atoms with Gasteiger partial charge in [-0.1, -0.05) is 32.4 Å². The first-order chi connectivity index (χ1) is 8.79. The number of aromatic nitrogens is 2. The van der Waals surface area contributed by atoms with Crippen molar-refractivity contribution >= 4 is 17.5 Å². The van der Waals surface area contributed by atoms with Gasteiger partial charge in [0.1, 0.15) is 5.15 Å². The molecule has 0 spiro atoms. The zero-order valence-corrected chi connectivity index (χ0v) is 12.7. The van der Waals surface area contributed by atoms with Gasteiger partial charge in [-0.25, -0.2) is 9.97 Å². The molecule has 104 valence electrons. The zero-order valence-electron chi connectivity index (χ0n) is 11.9. The van der Waals surface area contributed by atoms with E-state index in [1.165, 1.54) is 0 Å². The number of halogens is 1. The molecular weight excluding hydrogens is 262 g/mol. The van der Waals surface area contributed by atoms with Gasteiger partial charge in [0.25, 0.3) is 0 Å². The number of carbonyl (C=O) groups excluding carboxylic acids is 1. The van der Waals surface area contributed by atoms with Gasteiger partial charge < -0.3 is 4.90 Å². The maximum Gasteiger partial charge on any atom is 0.228 e. The smallest absolute Gasteiger partial charge is 0.228 e. The Morgan fingerprint density at radius 3 is 2.68 bits per heavy atom. The summed E-state index contributed by atoms with van der Waals surface area (Å²) >= 11 is 5.99. The van der Waals surface area contributed by atoms with Gasteiger partial charge in [0.15, 0.2) is 5.82 Å². The molecule has 0 aromatic carbocycles. The molecule has 1 atom stereocenters. The summed E-state index contributed by atoms with van der Waals surface area (Å²) in [7, 11) is 0. The molecule has 2 heterocycles. The van der Waals surface area contributed by atoms with Gasteiger partial charge in [0.05, 0.1) is 6.04 Å². The Morgan fingerprint density at radius 2 is 2.11 bits per heavy atom. The molecule has 0 N–H and O–H groups in total. The third-order valence-electron chi connectivity index (χ3n) is 3.29. The summed E-state index contributed by atoms with van der Waals surface area (Å²) in [6, 6.07) is 1.69. The molecule has 1 aliphatic rings. The van der Waals surface area contributed by atoms with Gasteiger partial charge in [-0.15, -0.1) is 0 Å². The summed E-state index contributed by atoms with van der Waals surface area (Å²) in [6.07, 6.45) is 1.89. The Labute approximate surface area is 119 Å². The quantitative estimate of drug-likeness (QED) is 0.743. The van der Waals surface area contributed by atoms with Crippen molar-refractivity contribution in [1.29, 1.82) is 0 Å². The third kappa shape index (κ3) is 3.06. The van der Waals surface area contributed by atoms with Crippen LogP contribution in [0.5, 0.6) is 0 Å². The molecule has 1 unspecified atom stereocenters. The highest BCUT2D eigenvalue weighted by Gasteiger charge is 2.37. The second-order valence-corrected chi connectivity index (χ2v) is 6.48. The summed E-state index contributed by atoms with van der Waals surface area (Å²) in [5.74, 6) is 0.816. The van der Waals surface area contributed by atoms with E-state index >= 15 is 0 Å². The summed E-state index contributed by atoms with van der Waals surface area (Å²) < 4.78 is 0.